The van der Waals surface area contributed by atoms with Crippen LogP contribution in [0.4, 0.5) is 0 Å². The molecule has 9 heteroatoms. The van der Waals surface area contributed by atoms with Gasteiger partial charge in [-0.3, -0.25) is 14.3 Å². The fourth-order valence-corrected chi connectivity index (χ4v) is 3.15. The molecule has 8 nitrogen and oxygen atoms in total. The summed E-state index contributed by atoms with van der Waals surface area (Å²) < 4.78 is 12.4. The second-order valence-corrected chi connectivity index (χ2v) is 6.46. The van der Waals surface area contributed by atoms with Crippen LogP contribution in [0.1, 0.15) is 23.0 Å². The molecule has 1 fully saturated rings. The maximum Gasteiger partial charge on any atom is 0.338 e. The first-order valence-electron chi connectivity index (χ1n) is 8.17. The van der Waals surface area contributed by atoms with Crippen LogP contribution in [-0.4, -0.2) is 38.9 Å². The number of nitrogens with zero attached hydrogens (tertiary/aromatic N) is 1. The minimum atomic E-state index is -0.980. The molecule has 0 radical (unpaired) electrons. The van der Waals surface area contributed by atoms with Crippen LogP contribution in [0.25, 0.3) is 0 Å². The van der Waals surface area contributed by atoms with Gasteiger partial charge in [0.05, 0.1) is 11.7 Å². The van der Waals surface area contributed by atoms with Gasteiger partial charge in [0.15, 0.2) is 0 Å². The summed E-state index contributed by atoms with van der Waals surface area (Å²) in [7, 11) is 0. The number of aliphatic hydroxyl groups excluding tert-OH is 1. The van der Waals surface area contributed by atoms with Crippen LogP contribution in [0.15, 0.2) is 63.2 Å². The van der Waals surface area contributed by atoms with Gasteiger partial charge in [-0.05, 0) is 23.2 Å². The van der Waals surface area contributed by atoms with E-state index in [2.05, 4.69) is 20.9 Å². The number of nitrogens with one attached hydrogen (secondary N) is 1. The zero-order chi connectivity index (χ0) is 19.4. The Balaban J connectivity index is 1.78. The van der Waals surface area contributed by atoms with E-state index in [1.165, 1.54) is 27.9 Å². The van der Waals surface area contributed by atoms with Crippen molar-refractivity contribution in [3.8, 4) is 0 Å². The van der Waals surface area contributed by atoms with Gasteiger partial charge in [0.1, 0.15) is 18.4 Å². The van der Waals surface area contributed by atoms with Crippen LogP contribution in [0.5, 0.6) is 0 Å². The Morgan fingerprint density at radius 3 is 2.74 bits per heavy atom. The van der Waals surface area contributed by atoms with Gasteiger partial charge < -0.3 is 14.6 Å². The van der Waals surface area contributed by atoms with Gasteiger partial charge in [-0.2, -0.15) is 0 Å². The third-order valence-electron chi connectivity index (χ3n) is 4.14. The number of rotatable bonds is 5. The molecular weight excluding hydrogens is 420 g/mol. The number of carbonyl (C=O) groups excluding carboxylic acids is 1. The lowest BCUT2D eigenvalue weighted by atomic mass is 10.1. The van der Waals surface area contributed by atoms with Gasteiger partial charge in [0.25, 0.3) is 5.56 Å². The molecule has 0 saturated carbocycles. The molecule has 2 N–H and O–H groups in total. The number of H-pyrrole nitrogens is 1. The first-order valence-corrected chi connectivity index (χ1v) is 9.09. The second kappa shape index (κ2) is 8.47. The second-order valence-electron chi connectivity index (χ2n) is 5.93. The van der Waals surface area contributed by atoms with Gasteiger partial charge in [0.2, 0.25) is 0 Å². The summed E-state index contributed by atoms with van der Waals surface area (Å²) in [6, 6.07) is 9.63. The standard InChI is InChI=1S/C18H17BrN2O6/c19-8-6-13(26-17(24)11-4-2-1-3-5-11)16-12(22)10-15(27-16)21-9-7-14(23)20-18(21)25/h1-9,12-13,15-16,22H,10H2,(H,20,23,25)/b8-6+/t12-,13?,15+,16-/m0/s1. The Kier molecular flexibility index (Phi) is 6.04. The molecule has 1 aromatic carbocycles. The van der Waals surface area contributed by atoms with Crippen LogP contribution in [-0.2, 0) is 9.47 Å². The predicted molar refractivity (Wildman–Crippen MR) is 99.6 cm³/mol. The average molecular weight is 437 g/mol. The van der Waals surface area contributed by atoms with E-state index in [0.29, 0.717) is 5.56 Å². The van der Waals surface area contributed by atoms with Crippen molar-refractivity contribution in [1.82, 2.24) is 9.55 Å². The molecule has 0 spiro atoms. The van der Waals surface area contributed by atoms with Crippen molar-refractivity contribution in [2.75, 3.05) is 0 Å². The highest BCUT2D eigenvalue weighted by molar-refractivity contribution is 9.11. The summed E-state index contributed by atoms with van der Waals surface area (Å²) in [6.07, 6.45) is -0.599. The van der Waals surface area contributed by atoms with Crippen molar-refractivity contribution in [2.45, 2.75) is 31.0 Å². The highest BCUT2D eigenvalue weighted by atomic mass is 79.9. The molecular formula is C18H17BrN2O6. The van der Waals surface area contributed by atoms with Crippen LogP contribution in [0, 0.1) is 0 Å². The van der Waals surface area contributed by atoms with Crippen molar-refractivity contribution in [3.63, 3.8) is 0 Å². The Hall–Kier alpha value is -2.49. The normalized spacial score (nSPS) is 23.4. The molecule has 1 aliphatic heterocycles. The molecule has 27 heavy (non-hydrogen) atoms. The van der Waals surface area contributed by atoms with E-state index in [0.717, 1.165) is 0 Å². The molecule has 0 aliphatic carbocycles. The summed E-state index contributed by atoms with van der Waals surface area (Å²) in [5.74, 6) is -0.563. The quantitative estimate of drug-likeness (QED) is 0.683. The van der Waals surface area contributed by atoms with E-state index in [1.807, 2.05) is 0 Å². The van der Waals surface area contributed by atoms with E-state index >= 15 is 0 Å². The van der Waals surface area contributed by atoms with Gasteiger partial charge in [-0.1, -0.05) is 34.1 Å². The first kappa shape index (κ1) is 19.3. The van der Waals surface area contributed by atoms with Crippen molar-refractivity contribution in [1.29, 1.82) is 0 Å². The lowest BCUT2D eigenvalue weighted by Crippen LogP contribution is -2.37. The highest BCUT2D eigenvalue weighted by Gasteiger charge is 2.41. The van der Waals surface area contributed by atoms with E-state index in [-0.39, 0.29) is 6.42 Å². The first-order chi connectivity index (χ1) is 13.0. The number of aliphatic hydroxyl groups is 1. The van der Waals surface area contributed by atoms with Crippen molar-refractivity contribution in [3.05, 3.63) is 80.1 Å². The monoisotopic (exact) mass is 436 g/mol. The summed E-state index contributed by atoms with van der Waals surface area (Å²) in [4.78, 5) is 39.1. The third kappa shape index (κ3) is 4.44. The fraction of sp³-hybridized carbons (Fsp3) is 0.278. The molecule has 4 atom stereocenters. The number of aromatic nitrogens is 2. The molecule has 1 aromatic heterocycles. The molecule has 3 rings (SSSR count). The number of ether oxygens (including phenoxy) is 2. The van der Waals surface area contributed by atoms with Crippen LogP contribution in [0.3, 0.4) is 0 Å². The summed E-state index contributed by atoms with van der Waals surface area (Å²) in [5, 5.41) is 10.4. The van der Waals surface area contributed by atoms with Crippen molar-refractivity contribution >= 4 is 21.9 Å². The van der Waals surface area contributed by atoms with Gasteiger partial charge in [0, 0.05) is 18.7 Å². The Labute approximate surface area is 162 Å². The third-order valence-corrected chi connectivity index (χ3v) is 4.44. The zero-order valence-electron chi connectivity index (χ0n) is 14.0. The minimum Gasteiger partial charge on any atom is -0.452 e. The van der Waals surface area contributed by atoms with E-state index < -0.39 is 41.8 Å². The Bertz CT molecular complexity index is 939. The largest absolute Gasteiger partial charge is 0.452 e. The van der Waals surface area contributed by atoms with Crippen molar-refractivity contribution in [2.24, 2.45) is 0 Å². The number of aromatic amines is 1. The maximum absolute atomic E-state index is 12.3. The van der Waals surface area contributed by atoms with Crippen molar-refractivity contribution < 1.29 is 19.4 Å². The van der Waals surface area contributed by atoms with Crippen LogP contribution in [0.2, 0.25) is 0 Å². The Morgan fingerprint density at radius 1 is 1.33 bits per heavy atom. The van der Waals surface area contributed by atoms with Crippen LogP contribution >= 0.6 is 15.9 Å². The highest BCUT2D eigenvalue weighted by Crippen LogP contribution is 2.31. The number of carbonyl (C=O) groups is 1. The molecule has 0 amide bonds. The number of halogens is 1. The number of esters is 1. The molecule has 2 heterocycles. The number of hydrogen-bond donors (Lipinski definition) is 2. The molecule has 0 bridgehead atoms. The molecule has 2 aromatic rings. The van der Waals surface area contributed by atoms with Gasteiger partial charge in [-0.25, -0.2) is 9.59 Å². The molecule has 1 unspecified atom stereocenters. The molecule has 142 valence electrons. The van der Waals surface area contributed by atoms with Gasteiger partial charge in [-0.15, -0.1) is 0 Å². The predicted octanol–water partition coefficient (Wildman–Crippen LogP) is 1.32. The summed E-state index contributed by atoms with van der Waals surface area (Å²) in [6.45, 7) is 0. The van der Waals surface area contributed by atoms with E-state index in [1.54, 1.807) is 30.3 Å². The lowest BCUT2D eigenvalue weighted by Gasteiger charge is -2.23. The summed E-state index contributed by atoms with van der Waals surface area (Å²) >= 11 is 3.14. The van der Waals surface area contributed by atoms with Crippen LogP contribution < -0.4 is 11.2 Å². The fourth-order valence-electron chi connectivity index (χ4n) is 2.85. The average Bonchev–Trinajstić information content (AvgIpc) is 3.03. The summed E-state index contributed by atoms with van der Waals surface area (Å²) in [5.41, 5.74) is -0.802. The SMILES string of the molecule is O=C(OC(/C=C/Br)[C@H]1O[C@@H](n2ccc(=O)[nH]c2=O)C[C@@H]1O)c1ccccc1. The van der Waals surface area contributed by atoms with E-state index in [4.69, 9.17) is 9.47 Å². The smallest absolute Gasteiger partial charge is 0.338 e. The number of benzene rings is 1. The molecule has 1 aliphatic rings. The van der Waals surface area contributed by atoms with E-state index in [9.17, 15) is 19.5 Å². The lowest BCUT2D eigenvalue weighted by molar-refractivity contribution is -0.0756. The topological polar surface area (TPSA) is 111 Å². The number of hydrogen-bond acceptors (Lipinski definition) is 6. The zero-order valence-corrected chi connectivity index (χ0v) is 15.6. The minimum absolute atomic E-state index is 0.103. The molecule has 1 saturated heterocycles. The Morgan fingerprint density at radius 2 is 2.07 bits per heavy atom. The maximum atomic E-state index is 12.3. The van der Waals surface area contributed by atoms with Gasteiger partial charge >= 0.3 is 11.7 Å².